The highest BCUT2D eigenvalue weighted by molar-refractivity contribution is 7.80. The SMILES string of the molecule is C[C@H]1C[C@H](C)CN(c2ccc(N3C(=S)N[C@@H](c4ccccn4)[C@@H]3c3cccn3-c3ccc([N+](=O)[O-])cc3)cc2Cl)C1. The van der Waals surface area contributed by atoms with Crippen LogP contribution in [0.3, 0.4) is 0 Å². The lowest BCUT2D eigenvalue weighted by atomic mass is 9.91. The first-order chi connectivity index (χ1) is 19.8. The molecule has 0 spiro atoms. The summed E-state index contributed by atoms with van der Waals surface area (Å²) < 4.78 is 2.04. The third-order valence-corrected chi connectivity index (χ3v) is 8.56. The van der Waals surface area contributed by atoms with Crippen molar-refractivity contribution in [3.8, 4) is 5.69 Å². The maximum absolute atomic E-state index is 11.2. The van der Waals surface area contributed by atoms with Crippen molar-refractivity contribution < 1.29 is 4.92 Å². The van der Waals surface area contributed by atoms with Crippen molar-refractivity contribution in [2.24, 2.45) is 11.8 Å². The molecule has 2 aliphatic rings. The van der Waals surface area contributed by atoms with Crippen LogP contribution in [0.25, 0.3) is 5.69 Å². The number of aromatic nitrogens is 2. The first-order valence-electron chi connectivity index (χ1n) is 13.8. The van der Waals surface area contributed by atoms with Crippen LogP contribution >= 0.6 is 23.8 Å². The van der Waals surface area contributed by atoms with Crippen LogP contribution in [0.1, 0.15) is 43.7 Å². The highest BCUT2D eigenvalue weighted by atomic mass is 35.5. The van der Waals surface area contributed by atoms with Crippen LogP contribution in [0.5, 0.6) is 0 Å². The molecule has 8 nitrogen and oxygen atoms in total. The van der Waals surface area contributed by atoms with Crippen LogP contribution in [-0.4, -0.2) is 32.7 Å². The molecule has 4 aromatic rings. The molecule has 0 unspecified atom stereocenters. The van der Waals surface area contributed by atoms with Gasteiger partial charge in [-0.2, -0.15) is 0 Å². The summed E-state index contributed by atoms with van der Waals surface area (Å²) in [5, 5.41) is 16.0. The van der Waals surface area contributed by atoms with Gasteiger partial charge in [-0.3, -0.25) is 15.1 Å². The Labute approximate surface area is 249 Å². The Hall–Kier alpha value is -3.95. The molecule has 6 rings (SSSR count). The Balaban J connectivity index is 1.41. The highest BCUT2D eigenvalue weighted by Crippen LogP contribution is 2.44. The molecule has 2 aliphatic heterocycles. The Morgan fingerprint density at radius 1 is 1.00 bits per heavy atom. The number of piperidine rings is 1. The fourth-order valence-electron chi connectivity index (χ4n) is 6.30. The number of thiocarbonyl (C=S) groups is 1. The van der Waals surface area contributed by atoms with E-state index in [0.29, 0.717) is 22.0 Å². The summed E-state index contributed by atoms with van der Waals surface area (Å²) in [5.74, 6) is 1.22. The van der Waals surface area contributed by atoms with Crippen molar-refractivity contribution >= 4 is 46.0 Å². The molecule has 4 atom stereocenters. The first kappa shape index (κ1) is 27.2. The number of nitro benzene ring substituents is 1. The predicted molar refractivity (Wildman–Crippen MR) is 167 cm³/mol. The van der Waals surface area contributed by atoms with Gasteiger partial charge < -0.3 is 19.7 Å². The number of pyridine rings is 1. The number of nitro groups is 1. The number of nitrogens with zero attached hydrogens (tertiary/aromatic N) is 5. The fraction of sp³-hybridized carbons (Fsp3) is 0.290. The Morgan fingerprint density at radius 3 is 2.39 bits per heavy atom. The average Bonchev–Trinajstić information content (AvgIpc) is 3.57. The van der Waals surface area contributed by atoms with Crippen LogP contribution in [0.15, 0.2) is 85.2 Å². The molecule has 10 heteroatoms. The van der Waals surface area contributed by atoms with Gasteiger partial charge in [0.15, 0.2) is 5.11 Å². The number of non-ortho nitro benzene ring substituents is 1. The van der Waals surface area contributed by atoms with Gasteiger partial charge in [0.05, 0.1) is 27.4 Å². The fourth-order valence-corrected chi connectivity index (χ4v) is 6.94. The minimum Gasteiger partial charge on any atom is -0.370 e. The van der Waals surface area contributed by atoms with Gasteiger partial charge in [-0.05, 0) is 85.1 Å². The minimum absolute atomic E-state index is 0.0476. The third kappa shape index (κ3) is 5.27. The van der Waals surface area contributed by atoms with E-state index in [0.717, 1.165) is 41.5 Å². The van der Waals surface area contributed by atoms with E-state index in [-0.39, 0.29) is 17.8 Å². The lowest BCUT2D eigenvalue weighted by Gasteiger charge is -2.37. The van der Waals surface area contributed by atoms with Gasteiger partial charge in [0.1, 0.15) is 6.04 Å². The first-order valence-corrected chi connectivity index (χ1v) is 14.6. The van der Waals surface area contributed by atoms with Gasteiger partial charge in [-0.1, -0.05) is 31.5 Å². The second kappa shape index (κ2) is 11.1. The summed E-state index contributed by atoms with van der Waals surface area (Å²) in [6, 6.07) is 22.1. The Morgan fingerprint density at radius 2 is 1.73 bits per heavy atom. The van der Waals surface area contributed by atoms with E-state index in [1.54, 1.807) is 18.3 Å². The summed E-state index contributed by atoms with van der Waals surface area (Å²) in [5.41, 5.74) is 4.60. The molecular formula is C31H31ClN6O2S. The van der Waals surface area contributed by atoms with E-state index in [1.807, 2.05) is 41.1 Å². The van der Waals surface area contributed by atoms with E-state index in [4.69, 9.17) is 23.8 Å². The molecule has 41 heavy (non-hydrogen) atoms. The molecule has 1 N–H and O–H groups in total. The maximum Gasteiger partial charge on any atom is 0.269 e. The van der Waals surface area contributed by atoms with Crippen LogP contribution < -0.4 is 15.1 Å². The largest absolute Gasteiger partial charge is 0.370 e. The monoisotopic (exact) mass is 586 g/mol. The molecule has 0 amide bonds. The molecule has 2 aromatic carbocycles. The zero-order chi connectivity index (χ0) is 28.7. The van der Waals surface area contributed by atoms with Crippen molar-refractivity contribution in [3.05, 3.63) is 112 Å². The topological polar surface area (TPSA) is 79.5 Å². The van der Waals surface area contributed by atoms with E-state index >= 15 is 0 Å². The number of anilines is 2. The smallest absolute Gasteiger partial charge is 0.269 e. The van der Waals surface area contributed by atoms with E-state index in [9.17, 15) is 10.1 Å². The molecular weight excluding hydrogens is 556 g/mol. The number of halogens is 1. The number of hydrogen-bond donors (Lipinski definition) is 1. The van der Waals surface area contributed by atoms with Crippen LogP contribution in [0.4, 0.5) is 17.1 Å². The van der Waals surface area contributed by atoms with Crippen molar-refractivity contribution in [1.29, 1.82) is 0 Å². The van der Waals surface area contributed by atoms with Crippen molar-refractivity contribution in [3.63, 3.8) is 0 Å². The predicted octanol–water partition coefficient (Wildman–Crippen LogP) is 7.09. The summed E-state index contributed by atoms with van der Waals surface area (Å²) in [7, 11) is 0. The number of hydrogen-bond acceptors (Lipinski definition) is 5. The molecule has 0 saturated carbocycles. The van der Waals surface area contributed by atoms with Crippen LogP contribution in [0, 0.1) is 22.0 Å². The molecule has 0 radical (unpaired) electrons. The normalized spacial score (nSPS) is 22.6. The zero-order valence-corrected chi connectivity index (χ0v) is 24.4. The summed E-state index contributed by atoms with van der Waals surface area (Å²) in [4.78, 5) is 20.0. The summed E-state index contributed by atoms with van der Waals surface area (Å²) in [6.45, 7) is 6.56. The van der Waals surface area contributed by atoms with Crippen LogP contribution in [-0.2, 0) is 0 Å². The van der Waals surface area contributed by atoms with Crippen molar-refractivity contribution in [2.75, 3.05) is 22.9 Å². The van der Waals surface area contributed by atoms with E-state index in [1.165, 1.54) is 18.6 Å². The van der Waals surface area contributed by atoms with Crippen LogP contribution in [0.2, 0.25) is 5.02 Å². The van der Waals surface area contributed by atoms with Gasteiger partial charge in [0, 0.05) is 54.7 Å². The second-order valence-electron chi connectivity index (χ2n) is 11.1. The molecule has 4 heterocycles. The summed E-state index contributed by atoms with van der Waals surface area (Å²) >= 11 is 12.9. The van der Waals surface area contributed by atoms with Gasteiger partial charge in [0.2, 0.25) is 0 Å². The van der Waals surface area contributed by atoms with Crippen molar-refractivity contribution in [2.45, 2.75) is 32.4 Å². The summed E-state index contributed by atoms with van der Waals surface area (Å²) in [6.07, 6.45) is 4.96. The van der Waals surface area contributed by atoms with Crippen molar-refractivity contribution in [1.82, 2.24) is 14.9 Å². The highest BCUT2D eigenvalue weighted by Gasteiger charge is 2.42. The van der Waals surface area contributed by atoms with Gasteiger partial charge in [0.25, 0.3) is 5.69 Å². The number of rotatable bonds is 6. The Kier molecular flexibility index (Phi) is 7.40. The maximum atomic E-state index is 11.2. The minimum atomic E-state index is -0.392. The molecule has 210 valence electrons. The van der Waals surface area contributed by atoms with Gasteiger partial charge >= 0.3 is 0 Å². The second-order valence-corrected chi connectivity index (χ2v) is 11.9. The standard InChI is InChI=1S/C31H31ClN6O2S/c1-20-16-21(2)19-35(18-20)27-13-12-24(17-25(27)32)37-30(29(34-31(37)41)26-6-3-4-14-33-26)28-7-5-15-36(28)22-8-10-23(11-9-22)38(39)40/h3-15,17,20-21,29-30H,16,18-19H2,1-2H3,(H,34,41)/t20-,21-,29-,30-/m0/s1. The molecule has 0 aliphatic carbocycles. The average molecular weight is 587 g/mol. The van der Waals surface area contributed by atoms with E-state index in [2.05, 4.69) is 52.1 Å². The number of benzene rings is 2. The number of nitrogens with one attached hydrogen (secondary N) is 1. The molecule has 2 fully saturated rings. The lowest BCUT2D eigenvalue weighted by molar-refractivity contribution is -0.384. The lowest BCUT2D eigenvalue weighted by Crippen LogP contribution is -2.38. The zero-order valence-electron chi connectivity index (χ0n) is 22.9. The Bertz CT molecular complexity index is 1570. The molecule has 0 bridgehead atoms. The van der Waals surface area contributed by atoms with Gasteiger partial charge in [-0.25, -0.2) is 0 Å². The molecule has 2 aromatic heterocycles. The quantitative estimate of drug-likeness (QED) is 0.147. The third-order valence-electron chi connectivity index (χ3n) is 7.94. The molecule has 2 saturated heterocycles. The van der Waals surface area contributed by atoms with E-state index < -0.39 is 4.92 Å². The van der Waals surface area contributed by atoms with Gasteiger partial charge in [-0.15, -0.1) is 0 Å².